The summed E-state index contributed by atoms with van der Waals surface area (Å²) in [6.45, 7) is 8.18. The highest BCUT2D eigenvalue weighted by Crippen LogP contribution is 2.30. The molecule has 0 radical (unpaired) electrons. The average molecular weight is 504 g/mol. The minimum absolute atomic E-state index is 0.179. The lowest BCUT2D eigenvalue weighted by atomic mass is 10.1. The first-order chi connectivity index (χ1) is 16.6. The molecule has 0 aliphatic heterocycles. The molecule has 0 heterocycles. The SMILES string of the molecule is CCOc1ccccc1N(CC(=O)N(Cc1ccccc1)[C@H](CC)C(=O)NCC(C)C)S(C)(=O)=O. The number of nitrogens with one attached hydrogen (secondary N) is 1. The van der Waals surface area contributed by atoms with Gasteiger partial charge in [0.05, 0.1) is 18.6 Å². The summed E-state index contributed by atoms with van der Waals surface area (Å²) in [5, 5.41) is 2.91. The van der Waals surface area contributed by atoms with Crippen LogP contribution in [-0.2, 0) is 26.2 Å². The molecule has 9 heteroatoms. The van der Waals surface area contributed by atoms with Crippen LogP contribution in [0.4, 0.5) is 5.69 Å². The number of hydrogen-bond donors (Lipinski definition) is 1. The van der Waals surface area contributed by atoms with Crippen LogP contribution in [-0.4, -0.2) is 57.1 Å². The van der Waals surface area contributed by atoms with E-state index < -0.39 is 28.5 Å². The van der Waals surface area contributed by atoms with E-state index in [1.807, 2.05) is 51.1 Å². The summed E-state index contributed by atoms with van der Waals surface area (Å²) in [6, 6.07) is 15.3. The van der Waals surface area contributed by atoms with Crippen molar-refractivity contribution in [1.29, 1.82) is 0 Å². The number of sulfonamides is 1. The van der Waals surface area contributed by atoms with Crippen molar-refractivity contribution in [2.75, 3.05) is 30.3 Å². The highest BCUT2D eigenvalue weighted by molar-refractivity contribution is 7.92. The molecule has 0 unspecified atom stereocenters. The highest BCUT2D eigenvalue weighted by Gasteiger charge is 2.32. The van der Waals surface area contributed by atoms with Gasteiger partial charge in [-0.25, -0.2) is 8.42 Å². The maximum Gasteiger partial charge on any atom is 0.244 e. The van der Waals surface area contributed by atoms with Crippen molar-refractivity contribution in [3.05, 3.63) is 60.2 Å². The number of anilines is 1. The van der Waals surface area contributed by atoms with Gasteiger partial charge in [0.2, 0.25) is 21.8 Å². The van der Waals surface area contributed by atoms with Gasteiger partial charge in [0.25, 0.3) is 0 Å². The molecule has 0 spiro atoms. The van der Waals surface area contributed by atoms with Crippen molar-refractivity contribution < 1.29 is 22.7 Å². The Kier molecular flexibility index (Phi) is 10.6. The van der Waals surface area contributed by atoms with Crippen molar-refractivity contribution in [1.82, 2.24) is 10.2 Å². The van der Waals surface area contributed by atoms with Crippen LogP contribution in [0.25, 0.3) is 0 Å². The summed E-state index contributed by atoms with van der Waals surface area (Å²) in [5.74, 6) is -0.113. The van der Waals surface area contributed by atoms with Gasteiger partial charge < -0.3 is 15.0 Å². The first-order valence-electron chi connectivity index (χ1n) is 11.9. The number of ether oxygens (including phenoxy) is 1. The number of benzene rings is 2. The highest BCUT2D eigenvalue weighted by atomic mass is 32.2. The number of rotatable bonds is 13. The largest absolute Gasteiger partial charge is 0.492 e. The fourth-order valence-electron chi connectivity index (χ4n) is 3.66. The van der Waals surface area contributed by atoms with Gasteiger partial charge in [-0.15, -0.1) is 0 Å². The Hall–Kier alpha value is -3.07. The monoisotopic (exact) mass is 503 g/mol. The summed E-state index contributed by atoms with van der Waals surface area (Å²) >= 11 is 0. The molecule has 1 atom stereocenters. The van der Waals surface area contributed by atoms with Crippen molar-refractivity contribution in [2.24, 2.45) is 5.92 Å². The zero-order chi connectivity index (χ0) is 26.0. The second kappa shape index (κ2) is 13.1. The molecule has 192 valence electrons. The third kappa shape index (κ3) is 8.28. The lowest BCUT2D eigenvalue weighted by Crippen LogP contribution is -2.52. The Bertz CT molecular complexity index is 1070. The fraction of sp³-hybridized carbons (Fsp3) is 0.462. The van der Waals surface area contributed by atoms with Crippen LogP contribution in [0, 0.1) is 5.92 Å². The van der Waals surface area contributed by atoms with E-state index in [0.717, 1.165) is 16.1 Å². The van der Waals surface area contributed by atoms with E-state index in [1.54, 1.807) is 31.2 Å². The van der Waals surface area contributed by atoms with Gasteiger partial charge >= 0.3 is 0 Å². The molecule has 8 nitrogen and oxygen atoms in total. The second-order valence-electron chi connectivity index (χ2n) is 8.74. The van der Waals surface area contributed by atoms with Gasteiger partial charge in [-0.2, -0.15) is 0 Å². The van der Waals surface area contributed by atoms with E-state index in [9.17, 15) is 18.0 Å². The topological polar surface area (TPSA) is 96.0 Å². The minimum atomic E-state index is -3.83. The summed E-state index contributed by atoms with van der Waals surface area (Å²) in [4.78, 5) is 28.2. The quantitative estimate of drug-likeness (QED) is 0.452. The maximum atomic E-state index is 13.7. The Morgan fingerprint density at radius 2 is 1.63 bits per heavy atom. The van der Waals surface area contributed by atoms with Crippen molar-refractivity contribution in [3.8, 4) is 5.75 Å². The molecule has 0 aliphatic rings. The lowest BCUT2D eigenvalue weighted by molar-refractivity contribution is -0.140. The molecular weight excluding hydrogens is 466 g/mol. The smallest absolute Gasteiger partial charge is 0.244 e. The predicted octanol–water partition coefficient (Wildman–Crippen LogP) is 3.43. The Morgan fingerprint density at radius 3 is 2.20 bits per heavy atom. The summed E-state index contributed by atoms with van der Waals surface area (Å²) < 4.78 is 32.2. The number of hydrogen-bond acceptors (Lipinski definition) is 5. The van der Waals surface area contributed by atoms with Crippen LogP contribution in [0.2, 0.25) is 0 Å². The number of para-hydroxylation sites is 2. The summed E-state index contributed by atoms with van der Waals surface area (Å²) in [7, 11) is -3.83. The molecule has 35 heavy (non-hydrogen) atoms. The zero-order valence-electron chi connectivity index (χ0n) is 21.2. The normalized spacial score (nSPS) is 12.2. The molecular formula is C26H37N3O5S. The van der Waals surface area contributed by atoms with Gasteiger partial charge in [0, 0.05) is 13.1 Å². The number of nitrogens with zero attached hydrogens (tertiary/aromatic N) is 2. The second-order valence-corrected chi connectivity index (χ2v) is 10.6. The first-order valence-corrected chi connectivity index (χ1v) is 13.7. The van der Waals surface area contributed by atoms with E-state index in [2.05, 4.69) is 5.32 Å². The molecule has 2 aromatic rings. The Morgan fingerprint density at radius 1 is 1.00 bits per heavy atom. The van der Waals surface area contributed by atoms with E-state index >= 15 is 0 Å². The Balaban J connectivity index is 2.44. The van der Waals surface area contributed by atoms with Crippen LogP contribution < -0.4 is 14.4 Å². The molecule has 2 amide bonds. The third-order valence-electron chi connectivity index (χ3n) is 5.38. The fourth-order valence-corrected chi connectivity index (χ4v) is 4.51. The van der Waals surface area contributed by atoms with E-state index in [1.165, 1.54) is 4.90 Å². The van der Waals surface area contributed by atoms with Crippen LogP contribution in [0.1, 0.15) is 39.7 Å². The van der Waals surface area contributed by atoms with Gasteiger partial charge in [0.1, 0.15) is 18.3 Å². The number of amides is 2. The van der Waals surface area contributed by atoms with Crippen LogP contribution in [0.3, 0.4) is 0 Å². The molecule has 0 bridgehead atoms. The molecule has 0 saturated carbocycles. The number of carbonyl (C=O) groups excluding carboxylic acids is 2. The molecule has 0 aromatic heterocycles. The molecule has 0 fully saturated rings. The predicted molar refractivity (Wildman–Crippen MR) is 139 cm³/mol. The molecule has 1 N–H and O–H groups in total. The van der Waals surface area contributed by atoms with Crippen molar-refractivity contribution in [2.45, 2.75) is 46.7 Å². The van der Waals surface area contributed by atoms with Gasteiger partial charge in [0.15, 0.2) is 0 Å². The minimum Gasteiger partial charge on any atom is -0.492 e. The van der Waals surface area contributed by atoms with Gasteiger partial charge in [-0.3, -0.25) is 13.9 Å². The van der Waals surface area contributed by atoms with Crippen molar-refractivity contribution in [3.63, 3.8) is 0 Å². The number of carbonyl (C=O) groups is 2. The third-order valence-corrected chi connectivity index (χ3v) is 6.51. The van der Waals surface area contributed by atoms with E-state index in [-0.39, 0.29) is 24.1 Å². The summed E-state index contributed by atoms with van der Waals surface area (Å²) in [6.07, 6.45) is 1.44. The standard InChI is InChI=1S/C26H37N3O5S/c1-6-22(26(31)27-17-20(3)4)28(18-21-13-9-8-10-14-21)25(30)19-29(35(5,32)33)23-15-11-12-16-24(23)34-7-2/h8-16,20,22H,6-7,17-19H2,1-5H3,(H,27,31)/t22-/m1/s1. The molecule has 2 aromatic carbocycles. The first kappa shape index (κ1) is 28.2. The van der Waals surface area contributed by atoms with Crippen LogP contribution in [0.5, 0.6) is 5.75 Å². The van der Waals surface area contributed by atoms with Crippen molar-refractivity contribution >= 4 is 27.5 Å². The van der Waals surface area contributed by atoms with Gasteiger partial charge in [-0.05, 0) is 37.0 Å². The maximum absolute atomic E-state index is 13.7. The van der Waals surface area contributed by atoms with Crippen LogP contribution in [0.15, 0.2) is 54.6 Å². The van der Waals surface area contributed by atoms with E-state index in [4.69, 9.17) is 4.74 Å². The average Bonchev–Trinajstić information content (AvgIpc) is 2.81. The molecule has 0 aliphatic carbocycles. The molecule has 0 saturated heterocycles. The summed E-state index contributed by atoms with van der Waals surface area (Å²) in [5.41, 5.74) is 1.12. The zero-order valence-corrected chi connectivity index (χ0v) is 22.0. The van der Waals surface area contributed by atoms with E-state index in [0.29, 0.717) is 25.3 Å². The van der Waals surface area contributed by atoms with Crippen LogP contribution >= 0.6 is 0 Å². The van der Waals surface area contributed by atoms with Gasteiger partial charge in [-0.1, -0.05) is 63.2 Å². The molecule has 2 rings (SSSR count). The lowest BCUT2D eigenvalue weighted by Gasteiger charge is -2.33. The Labute approximate surface area is 209 Å².